The zero-order valence-electron chi connectivity index (χ0n) is 6.85. The van der Waals surface area contributed by atoms with Crippen LogP contribution in [-0.4, -0.2) is 12.7 Å². The molecule has 0 aliphatic rings. The second kappa shape index (κ2) is 4.43. The van der Waals surface area contributed by atoms with E-state index in [1.54, 1.807) is 0 Å². The summed E-state index contributed by atoms with van der Waals surface area (Å²) in [6, 6.07) is 0. The average molecular weight is 637 g/mol. The second-order valence-corrected chi connectivity index (χ2v) is 6.73. The Labute approximate surface area is 136 Å². The molecule has 2 heterocycles. The fraction of sp³-hybridized carbons (Fsp3) is 0.143. The van der Waals surface area contributed by atoms with E-state index in [0.29, 0.717) is 0 Å². The first-order valence-corrected chi connectivity index (χ1v) is 7.78. The first kappa shape index (κ1) is 12.0. The Hall–Kier alpha value is 1.54. The zero-order chi connectivity index (χ0) is 10.5. The van der Waals surface area contributed by atoms with E-state index in [4.69, 9.17) is 0 Å². The van der Waals surface area contributed by atoms with Crippen LogP contribution in [0.15, 0.2) is 0 Å². The van der Waals surface area contributed by atoms with Gasteiger partial charge in [-0.3, -0.25) is 2.78 Å². The van der Waals surface area contributed by atoms with Crippen molar-refractivity contribution in [3.8, 4) is 0 Å². The molecule has 0 atom stereocenters. The number of hydrogen-bond donors (Lipinski definition) is 0. The molecule has 0 fully saturated rings. The molecule has 7 heteroatoms. The topological polar surface area (TPSA) is 30.7 Å². The molecule has 0 N–H and O–H groups in total. The molecule has 0 aliphatic heterocycles. The third kappa shape index (κ3) is 1.89. The van der Waals surface area contributed by atoms with Gasteiger partial charge in [0.1, 0.15) is 13.2 Å². The van der Waals surface area contributed by atoms with Crippen LogP contribution in [0.2, 0.25) is 0 Å². The molecule has 2 rings (SSSR count). The maximum atomic E-state index is 4.45. The Kier molecular flexibility index (Phi) is 3.80. The van der Waals surface area contributed by atoms with Gasteiger partial charge in [-0.1, -0.05) is 0 Å². The van der Waals surface area contributed by atoms with Gasteiger partial charge in [0.25, 0.3) is 0 Å². The lowest BCUT2D eigenvalue weighted by atomic mass is 10.4. The van der Waals surface area contributed by atoms with Crippen molar-refractivity contribution < 1.29 is 0 Å². The van der Waals surface area contributed by atoms with Gasteiger partial charge < -0.3 is 0 Å². The van der Waals surface area contributed by atoms with Gasteiger partial charge in [-0.2, -0.15) is 0 Å². The van der Waals surface area contributed by atoms with Gasteiger partial charge in [-0.05, 0) is 74.7 Å². The summed E-state index contributed by atoms with van der Waals surface area (Å²) >= 11 is 9.20. The molecule has 3 nitrogen and oxygen atoms in total. The summed E-state index contributed by atoms with van der Waals surface area (Å²) in [5.74, 6) is 0.824. The molecule has 0 saturated heterocycles. The minimum Gasteiger partial charge on any atom is -0.259 e. The van der Waals surface area contributed by atoms with Gasteiger partial charge in [-0.15, -0.1) is 0 Å². The van der Waals surface area contributed by atoms with E-state index in [-0.39, 0.29) is 0 Å². The standard InChI is InChI=1S/C7H3I4N3/c1-2-12-5(9)3-4(8)6(10)14(11)7(3)13-2/h1H3. The predicted molar refractivity (Wildman–Crippen MR) is 89.8 cm³/mol. The quantitative estimate of drug-likeness (QED) is 0.326. The van der Waals surface area contributed by atoms with Crippen molar-refractivity contribution in [2.45, 2.75) is 6.92 Å². The highest BCUT2D eigenvalue weighted by Crippen LogP contribution is 2.31. The highest BCUT2D eigenvalue weighted by molar-refractivity contribution is 14.1. The number of rotatable bonds is 0. The number of nitrogens with zero attached hydrogens (tertiary/aromatic N) is 3. The molecule has 0 radical (unpaired) electrons. The van der Waals surface area contributed by atoms with E-state index >= 15 is 0 Å². The van der Waals surface area contributed by atoms with Crippen molar-refractivity contribution in [1.82, 2.24) is 12.7 Å². The summed E-state index contributed by atoms with van der Waals surface area (Å²) in [5, 5.41) is 1.16. The van der Waals surface area contributed by atoms with Crippen molar-refractivity contribution in [3.05, 3.63) is 16.8 Å². The molecular weight excluding hydrogens is 634 g/mol. The lowest BCUT2D eigenvalue weighted by Gasteiger charge is -1.97. The van der Waals surface area contributed by atoms with Crippen LogP contribution in [0.4, 0.5) is 0 Å². The van der Waals surface area contributed by atoms with Crippen LogP contribution in [0.5, 0.6) is 0 Å². The molecule has 0 amide bonds. The molecule has 0 aliphatic carbocycles. The molecular formula is C7H3I4N3. The maximum Gasteiger partial charge on any atom is 0.155 e. The van der Waals surface area contributed by atoms with Gasteiger partial charge in [0.05, 0.1) is 31.8 Å². The van der Waals surface area contributed by atoms with Crippen LogP contribution in [0, 0.1) is 17.9 Å². The van der Waals surface area contributed by atoms with Crippen molar-refractivity contribution in [3.63, 3.8) is 0 Å². The summed E-state index contributed by atoms with van der Waals surface area (Å²) in [6.07, 6.45) is 0. The molecule has 2 aromatic rings. The van der Waals surface area contributed by atoms with Gasteiger partial charge in [-0.25, -0.2) is 9.97 Å². The third-order valence-electron chi connectivity index (χ3n) is 1.72. The lowest BCUT2D eigenvalue weighted by Crippen LogP contribution is -1.93. The second-order valence-electron chi connectivity index (χ2n) is 2.65. The Morgan fingerprint density at radius 2 is 1.79 bits per heavy atom. The maximum absolute atomic E-state index is 4.45. The average Bonchev–Trinajstić information content (AvgIpc) is 2.31. The highest BCUT2D eigenvalue weighted by atomic mass is 127. The Balaban J connectivity index is 3.02. The van der Waals surface area contributed by atoms with Gasteiger partial charge in [0, 0.05) is 0 Å². The molecule has 0 bridgehead atoms. The molecule has 2 aromatic heterocycles. The first-order chi connectivity index (χ1) is 6.52. The SMILES string of the molecule is Cc1nc(I)c2c(I)c(I)n(I)c2n1. The van der Waals surface area contributed by atoms with E-state index in [2.05, 4.69) is 103 Å². The summed E-state index contributed by atoms with van der Waals surface area (Å²) in [6.45, 7) is 1.92. The number of hydrogen-bond acceptors (Lipinski definition) is 2. The van der Waals surface area contributed by atoms with Gasteiger partial charge >= 0.3 is 0 Å². The van der Waals surface area contributed by atoms with Crippen LogP contribution in [0.25, 0.3) is 11.0 Å². The molecule has 0 unspecified atom stereocenters. The number of aromatic nitrogens is 3. The predicted octanol–water partition coefficient (Wildman–Crippen LogP) is 3.75. The number of halogens is 4. The van der Waals surface area contributed by atoms with Gasteiger partial charge in [0.15, 0.2) is 5.65 Å². The van der Waals surface area contributed by atoms with E-state index in [0.717, 1.165) is 20.6 Å². The van der Waals surface area contributed by atoms with E-state index in [1.807, 2.05) is 6.92 Å². The summed E-state index contributed by atoms with van der Waals surface area (Å²) < 4.78 is 5.54. The normalized spacial score (nSPS) is 11.2. The minimum atomic E-state index is 0.824. The minimum absolute atomic E-state index is 0.824. The number of aryl methyl sites for hydroxylation is 1. The summed E-state index contributed by atoms with van der Waals surface area (Å²) in [5.41, 5.74) is 1.01. The Morgan fingerprint density at radius 1 is 1.14 bits per heavy atom. The largest absolute Gasteiger partial charge is 0.259 e. The first-order valence-electron chi connectivity index (χ1n) is 3.58. The zero-order valence-corrected chi connectivity index (χ0v) is 15.5. The Morgan fingerprint density at radius 3 is 2.43 bits per heavy atom. The lowest BCUT2D eigenvalue weighted by molar-refractivity contribution is 1.06. The van der Waals surface area contributed by atoms with E-state index < -0.39 is 0 Å². The van der Waals surface area contributed by atoms with Crippen LogP contribution in [-0.2, 0) is 0 Å². The van der Waals surface area contributed by atoms with E-state index in [9.17, 15) is 0 Å². The molecule has 0 spiro atoms. The molecule has 0 aromatic carbocycles. The third-order valence-corrected chi connectivity index (χ3v) is 7.46. The molecule has 74 valence electrons. The molecule has 14 heavy (non-hydrogen) atoms. The van der Waals surface area contributed by atoms with Crippen LogP contribution in [0.3, 0.4) is 0 Å². The highest BCUT2D eigenvalue weighted by Gasteiger charge is 2.16. The monoisotopic (exact) mass is 637 g/mol. The smallest absolute Gasteiger partial charge is 0.155 e. The Bertz CT molecular complexity index is 519. The summed E-state index contributed by atoms with van der Waals surface area (Å²) in [7, 11) is 0. The van der Waals surface area contributed by atoms with Crippen molar-refractivity contribution in [2.75, 3.05) is 0 Å². The van der Waals surface area contributed by atoms with Crippen LogP contribution in [0.1, 0.15) is 5.82 Å². The van der Waals surface area contributed by atoms with Crippen LogP contribution < -0.4 is 0 Å². The van der Waals surface area contributed by atoms with Crippen molar-refractivity contribution in [1.29, 1.82) is 0 Å². The fourth-order valence-corrected chi connectivity index (χ4v) is 4.80. The summed E-state index contributed by atoms with van der Waals surface area (Å²) in [4.78, 5) is 8.82. The molecule has 0 saturated carbocycles. The van der Waals surface area contributed by atoms with E-state index in [1.165, 1.54) is 7.27 Å². The fourth-order valence-electron chi connectivity index (χ4n) is 1.14. The number of fused-ring (bicyclic) bond motifs is 1. The van der Waals surface area contributed by atoms with Crippen LogP contribution >= 0.6 is 90.6 Å². The van der Waals surface area contributed by atoms with Gasteiger partial charge in [0.2, 0.25) is 0 Å². The van der Waals surface area contributed by atoms with Crippen molar-refractivity contribution in [2.24, 2.45) is 0 Å². The van der Waals surface area contributed by atoms with Crippen molar-refractivity contribution >= 4 is 102 Å².